The Morgan fingerprint density at radius 2 is 1.95 bits per heavy atom. The molecule has 0 saturated heterocycles. The van der Waals surface area contributed by atoms with Gasteiger partial charge in [-0.25, -0.2) is 0 Å². The van der Waals surface area contributed by atoms with Gasteiger partial charge in [-0.15, -0.1) is 0 Å². The second-order valence-electron chi connectivity index (χ2n) is 4.74. The van der Waals surface area contributed by atoms with E-state index in [1.54, 1.807) is 43.3 Å². The van der Waals surface area contributed by atoms with Crippen molar-refractivity contribution in [1.82, 2.24) is 0 Å². The first-order chi connectivity index (χ1) is 10.0. The van der Waals surface area contributed by atoms with Gasteiger partial charge in [-0.1, -0.05) is 37.3 Å². The summed E-state index contributed by atoms with van der Waals surface area (Å²) in [5.74, 6) is 0.641. The molecule has 0 aliphatic heterocycles. The number of benzene rings is 2. The van der Waals surface area contributed by atoms with Crippen LogP contribution in [0.5, 0.6) is 11.5 Å². The van der Waals surface area contributed by atoms with Crippen molar-refractivity contribution in [2.45, 2.75) is 26.4 Å². The molecule has 5 heteroatoms. The molecule has 0 fully saturated rings. The van der Waals surface area contributed by atoms with Crippen LogP contribution in [0, 0.1) is 17.0 Å². The number of rotatable bonds is 5. The Morgan fingerprint density at radius 1 is 1.24 bits per heavy atom. The molecule has 0 aliphatic carbocycles. The topological polar surface area (TPSA) is 72.6 Å². The summed E-state index contributed by atoms with van der Waals surface area (Å²) in [5.41, 5.74) is 1.21. The Balaban J connectivity index is 2.46. The van der Waals surface area contributed by atoms with Crippen molar-refractivity contribution in [2.24, 2.45) is 0 Å². The first-order valence-electron chi connectivity index (χ1n) is 6.73. The summed E-state index contributed by atoms with van der Waals surface area (Å²) >= 11 is 0. The molecule has 110 valence electrons. The largest absolute Gasteiger partial charge is 0.449 e. The van der Waals surface area contributed by atoms with Gasteiger partial charge in [0.05, 0.1) is 11.0 Å². The van der Waals surface area contributed by atoms with Crippen molar-refractivity contribution in [3.63, 3.8) is 0 Å². The Bertz CT molecular complexity index is 654. The van der Waals surface area contributed by atoms with Gasteiger partial charge in [-0.3, -0.25) is 10.1 Å². The van der Waals surface area contributed by atoms with Gasteiger partial charge in [0.2, 0.25) is 5.75 Å². The normalized spacial score (nSPS) is 12.0. The van der Waals surface area contributed by atoms with Crippen LogP contribution >= 0.6 is 0 Å². The molecule has 5 nitrogen and oxygen atoms in total. The lowest BCUT2D eigenvalue weighted by Gasteiger charge is -2.15. The molecule has 1 N–H and O–H groups in total. The second-order valence-corrected chi connectivity index (χ2v) is 4.74. The van der Waals surface area contributed by atoms with E-state index >= 15 is 0 Å². The maximum absolute atomic E-state index is 11.1. The fraction of sp³-hybridized carbons (Fsp3) is 0.250. The third kappa shape index (κ3) is 3.20. The first-order valence-corrected chi connectivity index (χ1v) is 6.73. The maximum Gasteiger partial charge on any atom is 0.311 e. The minimum atomic E-state index is -0.663. The fourth-order valence-electron chi connectivity index (χ4n) is 2.09. The molecule has 21 heavy (non-hydrogen) atoms. The van der Waals surface area contributed by atoms with Gasteiger partial charge >= 0.3 is 5.69 Å². The maximum atomic E-state index is 11.1. The Labute approximate surface area is 123 Å². The molecule has 0 heterocycles. The Morgan fingerprint density at radius 3 is 2.62 bits per heavy atom. The van der Waals surface area contributed by atoms with E-state index in [0.29, 0.717) is 23.3 Å². The summed E-state index contributed by atoms with van der Waals surface area (Å²) in [4.78, 5) is 10.6. The Kier molecular flexibility index (Phi) is 4.55. The van der Waals surface area contributed by atoms with Gasteiger partial charge in [0.1, 0.15) is 5.75 Å². The van der Waals surface area contributed by atoms with E-state index in [1.165, 1.54) is 6.07 Å². The van der Waals surface area contributed by atoms with Crippen LogP contribution in [-0.2, 0) is 0 Å². The lowest BCUT2D eigenvalue weighted by molar-refractivity contribution is -0.385. The van der Waals surface area contributed by atoms with Crippen LogP contribution < -0.4 is 4.74 Å². The number of aliphatic hydroxyl groups is 1. The third-order valence-electron chi connectivity index (χ3n) is 3.26. The van der Waals surface area contributed by atoms with Crippen molar-refractivity contribution in [3.05, 3.63) is 63.7 Å². The fourth-order valence-corrected chi connectivity index (χ4v) is 2.09. The van der Waals surface area contributed by atoms with Gasteiger partial charge < -0.3 is 9.84 Å². The van der Waals surface area contributed by atoms with E-state index in [9.17, 15) is 15.2 Å². The molecule has 0 unspecified atom stereocenters. The van der Waals surface area contributed by atoms with Crippen LogP contribution in [0.2, 0.25) is 0 Å². The van der Waals surface area contributed by atoms with Crippen molar-refractivity contribution in [2.75, 3.05) is 0 Å². The molecule has 2 aromatic carbocycles. The molecule has 0 radical (unpaired) electrons. The van der Waals surface area contributed by atoms with Crippen LogP contribution in [0.3, 0.4) is 0 Å². The third-order valence-corrected chi connectivity index (χ3v) is 3.26. The zero-order valence-electron chi connectivity index (χ0n) is 11.9. The first kappa shape index (κ1) is 15.0. The number of ether oxygens (including phenoxy) is 1. The number of hydrogen-bond donors (Lipinski definition) is 1. The predicted molar refractivity (Wildman–Crippen MR) is 79.6 cm³/mol. The highest BCUT2D eigenvalue weighted by molar-refractivity contribution is 5.54. The summed E-state index contributed by atoms with van der Waals surface area (Å²) in [7, 11) is 0. The number of aryl methyl sites for hydroxylation is 1. The monoisotopic (exact) mass is 287 g/mol. The van der Waals surface area contributed by atoms with E-state index in [0.717, 1.165) is 0 Å². The number of aliphatic hydroxyl groups excluding tert-OH is 1. The zero-order chi connectivity index (χ0) is 15.4. The molecular formula is C16H17NO4. The van der Waals surface area contributed by atoms with E-state index in [1.807, 2.05) is 6.92 Å². The van der Waals surface area contributed by atoms with Crippen LogP contribution in [0.1, 0.15) is 30.6 Å². The molecule has 0 aliphatic rings. The van der Waals surface area contributed by atoms with E-state index in [2.05, 4.69) is 0 Å². The van der Waals surface area contributed by atoms with Crippen molar-refractivity contribution < 1.29 is 14.8 Å². The molecule has 0 bridgehead atoms. The second kappa shape index (κ2) is 6.37. The molecule has 2 rings (SSSR count). The van der Waals surface area contributed by atoms with Crippen LogP contribution in [-0.4, -0.2) is 10.0 Å². The average Bonchev–Trinajstić information content (AvgIpc) is 2.48. The van der Waals surface area contributed by atoms with E-state index in [4.69, 9.17) is 4.74 Å². The number of para-hydroxylation sites is 2. The SMILES string of the molecule is CC[C@@H](O)c1ccccc1Oc1c(C)cccc1[N+](=O)[O-]. The number of hydrogen-bond acceptors (Lipinski definition) is 4. The minimum Gasteiger partial charge on any atom is -0.449 e. The van der Waals surface area contributed by atoms with Gasteiger partial charge in [-0.2, -0.15) is 0 Å². The number of nitrogens with zero attached hydrogens (tertiary/aromatic N) is 1. The standard InChI is InChI=1S/C16H17NO4/c1-3-14(18)12-8-4-5-10-15(12)21-16-11(2)7-6-9-13(16)17(19)20/h4-10,14,18H,3H2,1-2H3/t14-/m1/s1. The summed E-state index contributed by atoms with van der Waals surface area (Å²) in [6, 6.07) is 11.8. The summed E-state index contributed by atoms with van der Waals surface area (Å²) in [6.07, 6.45) is -0.125. The van der Waals surface area contributed by atoms with Crippen LogP contribution in [0.4, 0.5) is 5.69 Å². The molecule has 0 spiro atoms. The number of nitro benzene ring substituents is 1. The van der Waals surface area contributed by atoms with Crippen molar-refractivity contribution >= 4 is 5.69 Å². The quantitative estimate of drug-likeness (QED) is 0.662. The highest BCUT2D eigenvalue weighted by Crippen LogP contribution is 2.37. The molecule has 0 amide bonds. The van der Waals surface area contributed by atoms with Crippen molar-refractivity contribution in [1.29, 1.82) is 0 Å². The van der Waals surface area contributed by atoms with E-state index in [-0.39, 0.29) is 11.4 Å². The van der Waals surface area contributed by atoms with Gasteiger partial charge in [0, 0.05) is 11.6 Å². The van der Waals surface area contributed by atoms with Gasteiger partial charge in [-0.05, 0) is 25.0 Å². The zero-order valence-corrected chi connectivity index (χ0v) is 11.9. The molecule has 0 aromatic heterocycles. The highest BCUT2D eigenvalue weighted by atomic mass is 16.6. The lowest BCUT2D eigenvalue weighted by Crippen LogP contribution is -2.01. The van der Waals surface area contributed by atoms with Crippen LogP contribution in [0.15, 0.2) is 42.5 Å². The smallest absolute Gasteiger partial charge is 0.311 e. The Hall–Kier alpha value is -2.40. The molecule has 0 saturated carbocycles. The lowest BCUT2D eigenvalue weighted by atomic mass is 10.1. The van der Waals surface area contributed by atoms with Crippen molar-refractivity contribution in [3.8, 4) is 11.5 Å². The molecular weight excluding hydrogens is 270 g/mol. The van der Waals surface area contributed by atoms with E-state index < -0.39 is 11.0 Å². The molecule has 1 atom stereocenters. The highest BCUT2D eigenvalue weighted by Gasteiger charge is 2.20. The van der Waals surface area contributed by atoms with Gasteiger partial charge in [0.25, 0.3) is 0 Å². The minimum absolute atomic E-state index is 0.0872. The van der Waals surface area contributed by atoms with Gasteiger partial charge in [0.15, 0.2) is 0 Å². The average molecular weight is 287 g/mol. The summed E-state index contributed by atoms with van der Waals surface area (Å²) in [6.45, 7) is 3.61. The predicted octanol–water partition coefficient (Wildman–Crippen LogP) is 4.14. The van der Waals surface area contributed by atoms with Crippen LogP contribution in [0.25, 0.3) is 0 Å². The summed E-state index contributed by atoms with van der Waals surface area (Å²) < 4.78 is 5.75. The summed E-state index contributed by atoms with van der Waals surface area (Å²) in [5, 5.41) is 21.1. The number of nitro groups is 1. The molecule has 2 aromatic rings.